The molecule has 68 valence electrons. The van der Waals surface area contributed by atoms with Crippen LogP contribution in [-0.4, -0.2) is 62.6 Å². The summed E-state index contributed by atoms with van der Waals surface area (Å²) in [4.78, 5) is 0. The summed E-state index contributed by atoms with van der Waals surface area (Å²) in [6.07, 6.45) is 3.52. The maximum absolute atomic E-state index is 9.71. The van der Waals surface area contributed by atoms with Gasteiger partial charge in [0.25, 0.3) is 0 Å². The Hall–Kier alpha value is 1.60. The van der Waals surface area contributed by atoms with Crippen molar-refractivity contribution >= 4 is 51.4 Å². The number of hydrogen-bond acceptors (Lipinski definition) is 1. The predicted octanol–water partition coefficient (Wildman–Crippen LogP) is 1.79. The molecule has 1 rings (SSSR count). The summed E-state index contributed by atoms with van der Waals surface area (Å²) in [7, 11) is 0. The van der Waals surface area contributed by atoms with Crippen molar-refractivity contribution in [2.24, 2.45) is 17.8 Å². The van der Waals surface area contributed by atoms with E-state index < -0.39 is 0 Å². The maximum atomic E-state index is 9.71. The van der Waals surface area contributed by atoms with Crippen molar-refractivity contribution < 1.29 is 5.11 Å². The quantitative estimate of drug-likeness (QED) is 0.634. The molecule has 0 bridgehead atoms. The van der Waals surface area contributed by atoms with Crippen molar-refractivity contribution in [3.63, 3.8) is 0 Å². The van der Waals surface area contributed by atoms with E-state index in [1.54, 1.807) is 0 Å². The van der Waals surface area contributed by atoms with E-state index in [0.717, 1.165) is 12.3 Å². The number of rotatable bonds is 1. The summed E-state index contributed by atoms with van der Waals surface area (Å²) in [5.41, 5.74) is 0. The van der Waals surface area contributed by atoms with Crippen molar-refractivity contribution in [1.29, 1.82) is 0 Å². The molecular formula is C10H21KO. The second-order valence-corrected chi connectivity index (χ2v) is 4.39. The molecule has 1 aliphatic rings. The zero-order valence-corrected chi connectivity index (χ0v) is 7.88. The first-order valence-electron chi connectivity index (χ1n) is 4.79. The molecule has 0 saturated heterocycles. The minimum absolute atomic E-state index is 0. The van der Waals surface area contributed by atoms with E-state index in [0.29, 0.717) is 11.8 Å². The SMILES string of the molecule is CC1CCC(C(C)C)C(O)C1.[KH]. The summed E-state index contributed by atoms with van der Waals surface area (Å²) in [6, 6.07) is 0. The van der Waals surface area contributed by atoms with Crippen LogP contribution in [0.4, 0.5) is 0 Å². The van der Waals surface area contributed by atoms with Crippen LogP contribution < -0.4 is 0 Å². The van der Waals surface area contributed by atoms with Crippen LogP contribution in [0.1, 0.15) is 40.0 Å². The van der Waals surface area contributed by atoms with Gasteiger partial charge in [-0.15, -0.1) is 0 Å². The molecule has 0 radical (unpaired) electrons. The van der Waals surface area contributed by atoms with E-state index in [4.69, 9.17) is 0 Å². The van der Waals surface area contributed by atoms with Crippen LogP contribution in [0.2, 0.25) is 0 Å². The van der Waals surface area contributed by atoms with Gasteiger partial charge in [0, 0.05) is 0 Å². The fourth-order valence-electron chi connectivity index (χ4n) is 2.15. The molecule has 0 amide bonds. The van der Waals surface area contributed by atoms with E-state index in [-0.39, 0.29) is 57.5 Å². The molecule has 0 aromatic rings. The van der Waals surface area contributed by atoms with Crippen LogP contribution in [0, 0.1) is 17.8 Å². The zero-order chi connectivity index (χ0) is 8.43. The van der Waals surface area contributed by atoms with Gasteiger partial charge in [-0.2, -0.15) is 0 Å². The van der Waals surface area contributed by atoms with Gasteiger partial charge in [0.15, 0.2) is 0 Å². The summed E-state index contributed by atoms with van der Waals surface area (Å²) in [5.74, 6) is 1.95. The van der Waals surface area contributed by atoms with E-state index in [2.05, 4.69) is 20.8 Å². The van der Waals surface area contributed by atoms with Crippen molar-refractivity contribution in [3.8, 4) is 0 Å². The van der Waals surface area contributed by atoms with Crippen LogP contribution in [-0.2, 0) is 0 Å². The third-order valence-corrected chi connectivity index (χ3v) is 2.99. The third kappa shape index (κ3) is 3.77. The van der Waals surface area contributed by atoms with Gasteiger partial charge < -0.3 is 5.11 Å². The summed E-state index contributed by atoms with van der Waals surface area (Å²) >= 11 is 0. The molecule has 1 N–H and O–H groups in total. The Morgan fingerprint density at radius 2 is 1.83 bits per heavy atom. The van der Waals surface area contributed by atoms with Gasteiger partial charge in [0.05, 0.1) is 6.10 Å². The molecular weight excluding hydrogens is 175 g/mol. The molecule has 0 aromatic heterocycles. The van der Waals surface area contributed by atoms with E-state index in [1.165, 1.54) is 12.8 Å². The van der Waals surface area contributed by atoms with E-state index >= 15 is 0 Å². The minimum atomic E-state index is -0.0289. The molecule has 12 heavy (non-hydrogen) atoms. The second kappa shape index (κ2) is 6.15. The molecule has 0 spiro atoms. The van der Waals surface area contributed by atoms with Crippen LogP contribution in [0.25, 0.3) is 0 Å². The first kappa shape index (κ1) is 13.6. The first-order chi connectivity index (χ1) is 5.11. The second-order valence-electron chi connectivity index (χ2n) is 4.39. The number of hydrogen-bond donors (Lipinski definition) is 1. The molecule has 2 heteroatoms. The van der Waals surface area contributed by atoms with Gasteiger partial charge in [0.2, 0.25) is 0 Å². The van der Waals surface area contributed by atoms with Gasteiger partial charge in [-0.3, -0.25) is 0 Å². The van der Waals surface area contributed by atoms with Gasteiger partial charge in [0.1, 0.15) is 0 Å². The Labute approximate surface area is 119 Å². The van der Waals surface area contributed by atoms with Crippen molar-refractivity contribution in [3.05, 3.63) is 0 Å². The molecule has 0 aromatic carbocycles. The van der Waals surface area contributed by atoms with Crippen molar-refractivity contribution in [1.82, 2.24) is 0 Å². The summed E-state index contributed by atoms with van der Waals surface area (Å²) < 4.78 is 0. The van der Waals surface area contributed by atoms with Crippen LogP contribution >= 0.6 is 0 Å². The van der Waals surface area contributed by atoms with Gasteiger partial charge in [-0.1, -0.05) is 27.2 Å². The zero-order valence-electron chi connectivity index (χ0n) is 7.88. The van der Waals surface area contributed by atoms with Gasteiger partial charge >= 0.3 is 51.4 Å². The molecule has 1 saturated carbocycles. The third-order valence-electron chi connectivity index (χ3n) is 2.99. The Balaban J connectivity index is 0.00000121. The number of aliphatic hydroxyl groups excluding tert-OH is 1. The fourth-order valence-corrected chi connectivity index (χ4v) is 2.15. The topological polar surface area (TPSA) is 20.2 Å². The molecule has 3 unspecified atom stereocenters. The Bertz CT molecular complexity index is 125. The molecule has 3 atom stereocenters. The Morgan fingerprint density at radius 3 is 2.25 bits per heavy atom. The van der Waals surface area contributed by atoms with Crippen molar-refractivity contribution in [2.45, 2.75) is 46.1 Å². The predicted molar refractivity (Wildman–Crippen MR) is 54.5 cm³/mol. The van der Waals surface area contributed by atoms with Crippen LogP contribution in [0.15, 0.2) is 0 Å². The summed E-state index contributed by atoms with van der Waals surface area (Å²) in [5, 5.41) is 9.71. The fraction of sp³-hybridized carbons (Fsp3) is 1.00. The van der Waals surface area contributed by atoms with Gasteiger partial charge in [-0.05, 0) is 30.6 Å². The number of aliphatic hydroxyl groups is 1. The summed E-state index contributed by atoms with van der Waals surface area (Å²) in [6.45, 7) is 6.66. The van der Waals surface area contributed by atoms with Crippen LogP contribution in [0.3, 0.4) is 0 Å². The molecule has 1 nitrogen and oxygen atoms in total. The molecule has 0 aliphatic heterocycles. The monoisotopic (exact) mass is 196 g/mol. The molecule has 0 heterocycles. The molecule has 1 aliphatic carbocycles. The van der Waals surface area contributed by atoms with E-state index in [9.17, 15) is 5.11 Å². The Morgan fingerprint density at radius 1 is 1.25 bits per heavy atom. The van der Waals surface area contributed by atoms with Crippen LogP contribution in [0.5, 0.6) is 0 Å². The van der Waals surface area contributed by atoms with Crippen molar-refractivity contribution in [2.75, 3.05) is 0 Å². The average Bonchev–Trinajstić information content (AvgIpc) is 1.85. The Kier molecular flexibility index (Phi) is 6.97. The average molecular weight is 196 g/mol. The van der Waals surface area contributed by atoms with Gasteiger partial charge in [-0.25, -0.2) is 0 Å². The first-order valence-corrected chi connectivity index (χ1v) is 4.79. The normalized spacial score (nSPS) is 36.2. The molecule has 1 fully saturated rings. The van der Waals surface area contributed by atoms with E-state index in [1.807, 2.05) is 0 Å². The standard InChI is InChI=1S/C10H20O.K.H/c1-7(2)9-5-4-8(3)6-10(9)11;;/h7-11H,4-6H2,1-3H3;;.